The third-order valence-corrected chi connectivity index (χ3v) is 0.567. The van der Waals surface area contributed by atoms with Gasteiger partial charge in [0.1, 0.15) is 0 Å². The standard InChI is InChI=1S/ClH2NO2S.Na/c1-2-5(3)4;/h2H,(H,3,4);/p-1. The zero-order valence-electron chi connectivity index (χ0n) is 3.10. The van der Waals surface area contributed by atoms with E-state index in [4.69, 9.17) is 8.76 Å². The molecule has 0 aromatic heterocycles. The molecule has 1 N–H and O–H groups in total. The fourth-order valence-electron chi connectivity index (χ4n) is 0. The zero-order chi connectivity index (χ0) is 4.28. The number of hydrogen-bond donors (Lipinski definition) is 1. The Bertz CT molecular complexity index is 48.8. The van der Waals surface area contributed by atoms with Gasteiger partial charge in [-0.05, 0) is 11.8 Å². The maximum atomic E-state index is 9.12. The number of hydrogen-bond acceptors (Lipinski definition) is 2. The quantitative estimate of drug-likeness (QED) is 0.291. The first-order chi connectivity index (χ1) is 2.27. The minimum atomic E-state index is -2.31. The SMILES string of the molecule is O=S([O-])NCl.[Na]. The second-order valence-electron chi connectivity index (χ2n) is 0.312. The average molecular weight is 138 g/mol. The molecular weight excluding hydrogens is 137 g/mol. The molecule has 0 saturated carbocycles. The number of halogens is 1. The minimum Gasteiger partial charge on any atom is -0.759 e. The van der Waals surface area contributed by atoms with Crippen molar-refractivity contribution in [3.05, 3.63) is 0 Å². The van der Waals surface area contributed by atoms with E-state index in [-0.39, 0.29) is 29.6 Å². The molecule has 0 aliphatic rings. The van der Waals surface area contributed by atoms with Gasteiger partial charge in [0.05, 0.1) is 0 Å². The van der Waals surface area contributed by atoms with Crippen molar-refractivity contribution in [1.29, 1.82) is 0 Å². The van der Waals surface area contributed by atoms with Crippen LogP contribution in [0.15, 0.2) is 0 Å². The molecule has 1 atom stereocenters. The molecule has 1 unspecified atom stereocenters. The van der Waals surface area contributed by atoms with Gasteiger partial charge in [-0.1, -0.05) is 0 Å². The van der Waals surface area contributed by atoms with Crippen LogP contribution >= 0.6 is 11.8 Å². The summed E-state index contributed by atoms with van der Waals surface area (Å²) in [4.78, 5) is 0. The predicted molar refractivity (Wildman–Crippen MR) is 23.7 cm³/mol. The van der Waals surface area contributed by atoms with E-state index in [2.05, 4.69) is 11.8 Å². The summed E-state index contributed by atoms with van der Waals surface area (Å²) in [6, 6.07) is 0. The Morgan fingerprint density at radius 2 is 2.00 bits per heavy atom. The van der Waals surface area contributed by atoms with Gasteiger partial charge >= 0.3 is 0 Å². The first-order valence-corrected chi connectivity index (χ1v) is 2.18. The molecule has 1 radical (unpaired) electrons. The summed E-state index contributed by atoms with van der Waals surface area (Å²) >= 11 is 2.17. The van der Waals surface area contributed by atoms with Crippen molar-refractivity contribution in [2.24, 2.45) is 0 Å². The van der Waals surface area contributed by atoms with E-state index in [0.717, 1.165) is 0 Å². The Morgan fingerprint density at radius 3 is 2.00 bits per heavy atom. The Labute approximate surface area is 65.3 Å². The molecule has 3 nitrogen and oxygen atoms in total. The maximum Gasteiger partial charge on any atom is 0.0329 e. The second-order valence-corrected chi connectivity index (χ2v) is 1.40. The molecule has 0 spiro atoms. The van der Waals surface area contributed by atoms with Gasteiger partial charge in [0.2, 0.25) is 0 Å². The van der Waals surface area contributed by atoms with Crippen LogP contribution in [0, 0.1) is 0 Å². The van der Waals surface area contributed by atoms with Crippen LogP contribution in [0.1, 0.15) is 0 Å². The Kier molecular flexibility index (Phi) is 11.0. The average Bonchev–Trinajstić information content (AvgIpc) is 1.38. The predicted octanol–water partition coefficient (Wildman–Crippen LogP) is -0.857. The monoisotopic (exact) mass is 137 g/mol. The topological polar surface area (TPSA) is 52.2 Å². The van der Waals surface area contributed by atoms with Crippen molar-refractivity contribution < 1.29 is 8.76 Å². The summed E-state index contributed by atoms with van der Waals surface area (Å²) in [7, 11) is 0. The Balaban J connectivity index is 0. The van der Waals surface area contributed by atoms with Gasteiger partial charge in [-0.15, -0.1) is 0 Å². The molecule has 0 saturated heterocycles. The molecule has 0 aromatic rings. The maximum absolute atomic E-state index is 9.12. The fraction of sp³-hybridized carbons (Fsp3) is 0. The van der Waals surface area contributed by atoms with E-state index < -0.39 is 11.3 Å². The van der Waals surface area contributed by atoms with Crippen LogP contribution in [-0.2, 0) is 11.3 Å². The summed E-state index contributed by atoms with van der Waals surface area (Å²) < 4.78 is 19.7. The molecule has 0 heterocycles. The van der Waals surface area contributed by atoms with E-state index >= 15 is 0 Å². The van der Waals surface area contributed by atoms with Crippen molar-refractivity contribution in [3.63, 3.8) is 0 Å². The van der Waals surface area contributed by atoms with E-state index in [0.29, 0.717) is 0 Å². The molecular formula is HClNNaO2S-. The summed E-state index contributed by atoms with van der Waals surface area (Å²) in [5, 5.41) is 0. The van der Waals surface area contributed by atoms with Gasteiger partial charge in [-0.3, -0.25) is 4.21 Å². The number of rotatable bonds is 1. The molecule has 0 fully saturated rings. The molecule has 0 rings (SSSR count). The van der Waals surface area contributed by atoms with Crippen LogP contribution in [0.4, 0.5) is 0 Å². The molecule has 6 heteroatoms. The van der Waals surface area contributed by atoms with Crippen LogP contribution in [0.3, 0.4) is 0 Å². The molecule has 0 amide bonds. The van der Waals surface area contributed by atoms with Gasteiger partial charge in [-0.25, -0.2) is 0 Å². The van der Waals surface area contributed by atoms with Gasteiger partial charge in [0, 0.05) is 40.8 Å². The minimum absolute atomic E-state index is 0. The van der Waals surface area contributed by atoms with Gasteiger partial charge in [0.15, 0.2) is 0 Å². The summed E-state index contributed by atoms with van der Waals surface area (Å²) in [6.07, 6.45) is 0. The molecule has 0 aliphatic carbocycles. The molecule has 6 heavy (non-hydrogen) atoms. The number of nitrogens with one attached hydrogen (secondary N) is 1. The van der Waals surface area contributed by atoms with E-state index in [9.17, 15) is 0 Å². The van der Waals surface area contributed by atoms with Crippen LogP contribution in [0.25, 0.3) is 0 Å². The third-order valence-electron chi connectivity index (χ3n) is 0.0630. The van der Waals surface area contributed by atoms with Crippen LogP contribution in [0.2, 0.25) is 0 Å². The second kappa shape index (κ2) is 6.36. The normalized spacial score (nSPS) is 12.3. The van der Waals surface area contributed by atoms with Crippen molar-refractivity contribution in [1.82, 2.24) is 4.24 Å². The first-order valence-electron chi connectivity index (χ1n) is 0.726. The largest absolute Gasteiger partial charge is 0.759 e. The van der Waals surface area contributed by atoms with E-state index in [1.807, 2.05) is 0 Å². The van der Waals surface area contributed by atoms with Crippen LogP contribution in [-0.4, -0.2) is 38.3 Å². The van der Waals surface area contributed by atoms with Gasteiger partial charge < -0.3 is 4.55 Å². The molecule has 33 valence electrons. The van der Waals surface area contributed by atoms with Crippen molar-refractivity contribution in [3.8, 4) is 0 Å². The molecule has 0 aromatic carbocycles. The third kappa shape index (κ3) is 9.03. The van der Waals surface area contributed by atoms with E-state index in [1.165, 1.54) is 4.24 Å². The van der Waals surface area contributed by atoms with Crippen LogP contribution < -0.4 is 4.24 Å². The summed E-state index contributed by atoms with van der Waals surface area (Å²) in [6.45, 7) is 0. The zero-order valence-corrected chi connectivity index (χ0v) is 6.68. The van der Waals surface area contributed by atoms with Crippen molar-refractivity contribution >= 4 is 52.6 Å². The fourth-order valence-corrected chi connectivity index (χ4v) is 0. The van der Waals surface area contributed by atoms with Gasteiger partial charge in [0.25, 0.3) is 0 Å². The summed E-state index contributed by atoms with van der Waals surface area (Å²) in [5.41, 5.74) is 0. The van der Waals surface area contributed by atoms with E-state index in [1.54, 1.807) is 0 Å². The molecule has 0 bridgehead atoms. The van der Waals surface area contributed by atoms with Crippen molar-refractivity contribution in [2.75, 3.05) is 0 Å². The smallest absolute Gasteiger partial charge is 0.0329 e. The van der Waals surface area contributed by atoms with Gasteiger partial charge in [-0.2, -0.15) is 4.24 Å². The summed E-state index contributed by atoms with van der Waals surface area (Å²) in [5.74, 6) is 0. The molecule has 0 aliphatic heterocycles. The Morgan fingerprint density at radius 1 is 1.83 bits per heavy atom. The first kappa shape index (κ1) is 10.4. The van der Waals surface area contributed by atoms with Crippen LogP contribution in [0.5, 0.6) is 0 Å². The van der Waals surface area contributed by atoms with Crippen molar-refractivity contribution in [2.45, 2.75) is 0 Å². The Hall–Kier alpha value is 1.36.